The number of ether oxygens (including phenoxy) is 1. The van der Waals surface area contributed by atoms with Crippen molar-refractivity contribution in [2.24, 2.45) is 0 Å². The molecule has 0 saturated heterocycles. The lowest BCUT2D eigenvalue weighted by molar-refractivity contribution is 0.325. The fourth-order valence-electron chi connectivity index (χ4n) is 2.99. The molecule has 2 nitrogen and oxygen atoms in total. The predicted molar refractivity (Wildman–Crippen MR) is 123 cm³/mol. The molecule has 0 fully saturated rings. The Hall–Kier alpha value is -2.52. The van der Waals surface area contributed by atoms with Gasteiger partial charge in [-0.2, -0.15) is 0 Å². The second kappa shape index (κ2) is 10.1. The number of halogens is 1. The zero-order chi connectivity index (χ0) is 19.8. The third kappa shape index (κ3) is 5.74. The van der Waals surface area contributed by atoms with Gasteiger partial charge in [0, 0.05) is 16.7 Å². The first-order chi connectivity index (χ1) is 13.7. The van der Waals surface area contributed by atoms with Gasteiger partial charge in [-0.3, -0.25) is 0 Å². The number of hydrogen-bond acceptors (Lipinski definition) is 2. The minimum atomic E-state index is 0.633. The molecule has 3 aromatic rings. The van der Waals surface area contributed by atoms with Crippen molar-refractivity contribution in [2.75, 3.05) is 24.6 Å². The summed E-state index contributed by atoms with van der Waals surface area (Å²) in [5, 5.41) is 0. The Labute approximate surface area is 176 Å². The SMILES string of the molecule is C/C=C/CN(CCOc1ccc(-c2ccc(C)cc2)cc1)c1cccc(Br)c1. The second-order valence-corrected chi connectivity index (χ2v) is 7.65. The van der Waals surface area contributed by atoms with Crippen molar-refractivity contribution in [2.45, 2.75) is 13.8 Å². The van der Waals surface area contributed by atoms with Crippen molar-refractivity contribution in [3.05, 3.63) is 95.0 Å². The van der Waals surface area contributed by atoms with Crippen molar-refractivity contribution in [3.8, 4) is 16.9 Å². The minimum Gasteiger partial charge on any atom is -0.492 e. The van der Waals surface area contributed by atoms with Gasteiger partial charge in [0.1, 0.15) is 12.4 Å². The van der Waals surface area contributed by atoms with Gasteiger partial charge in [-0.05, 0) is 55.3 Å². The standard InChI is InChI=1S/C25H26BrNO/c1-3-4-16-27(24-7-5-6-23(26)19-24)17-18-28-25-14-12-22(13-15-25)21-10-8-20(2)9-11-21/h3-15,19H,16-18H2,1-2H3/b4-3+. The van der Waals surface area contributed by atoms with Crippen LogP contribution in [0.3, 0.4) is 0 Å². The fraction of sp³-hybridized carbons (Fsp3) is 0.200. The molecule has 0 aromatic heterocycles. The van der Waals surface area contributed by atoms with Crippen molar-refractivity contribution < 1.29 is 4.74 Å². The Morgan fingerprint density at radius 2 is 1.61 bits per heavy atom. The van der Waals surface area contributed by atoms with Crippen LogP contribution in [0.1, 0.15) is 12.5 Å². The van der Waals surface area contributed by atoms with Crippen LogP contribution in [0.15, 0.2) is 89.4 Å². The zero-order valence-electron chi connectivity index (χ0n) is 16.4. The highest BCUT2D eigenvalue weighted by atomic mass is 79.9. The van der Waals surface area contributed by atoms with Crippen LogP contribution < -0.4 is 9.64 Å². The van der Waals surface area contributed by atoms with Gasteiger partial charge in [0.25, 0.3) is 0 Å². The number of hydrogen-bond donors (Lipinski definition) is 0. The van der Waals surface area contributed by atoms with E-state index in [4.69, 9.17) is 4.74 Å². The first kappa shape index (κ1) is 20.2. The summed E-state index contributed by atoms with van der Waals surface area (Å²) in [5.74, 6) is 0.899. The number of benzene rings is 3. The number of anilines is 1. The van der Waals surface area contributed by atoms with Crippen LogP contribution in [0.5, 0.6) is 5.75 Å². The monoisotopic (exact) mass is 435 g/mol. The molecule has 3 heteroatoms. The lowest BCUT2D eigenvalue weighted by atomic mass is 10.0. The van der Waals surface area contributed by atoms with Crippen LogP contribution in [0, 0.1) is 6.92 Å². The van der Waals surface area contributed by atoms with Crippen molar-refractivity contribution >= 4 is 21.6 Å². The van der Waals surface area contributed by atoms with E-state index in [1.165, 1.54) is 22.4 Å². The number of allylic oxidation sites excluding steroid dienone is 1. The van der Waals surface area contributed by atoms with Crippen LogP contribution in [0.2, 0.25) is 0 Å². The van der Waals surface area contributed by atoms with Gasteiger partial charge >= 0.3 is 0 Å². The molecule has 0 saturated carbocycles. The van der Waals surface area contributed by atoms with Crippen LogP contribution >= 0.6 is 15.9 Å². The molecular formula is C25H26BrNO. The lowest BCUT2D eigenvalue weighted by Crippen LogP contribution is -2.28. The van der Waals surface area contributed by atoms with Gasteiger partial charge in [-0.15, -0.1) is 0 Å². The predicted octanol–water partition coefficient (Wildman–Crippen LogP) is 6.89. The Morgan fingerprint density at radius 3 is 2.25 bits per heavy atom. The third-order valence-corrected chi connectivity index (χ3v) is 5.10. The average Bonchev–Trinajstić information content (AvgIpc) is 2.71. The third-order valence-electron chi connectivity index (χ3n) is 4.60. The zero-order valence-corrected chi connectivity index (χ0v) is 18.0. The van der Waals surface area contributed by atoms with Crippen molar-refractivity contribution in [1.82, 2.24) is 0 Å². The normalized spacial score (nSPS) is 11.0. The Morgan fingerprint density at radius 1 is 0.929 bits per heavy atom. The summed E-state index contributed by atoms with van der Waals surface area (Å²) in [6.45, 7) is 6.47. The molecule has 0 aliphatic carbocycles. The van der Waals surface area contributed by atoms with E-state index in [2.05, 4.69) is 94.5 Å². The van der Waals surface area contributed by atoms with Crippen LogP contribution in [-0.2, 0) is 0 Å². The van der Waals surface area contributed by atoms with Crippen LogP contribution in [-0.4, -0.2) is 19.7 Å². The van der Waals surface area contributed by atoms with E-state index in [9.17, 15) is 0 Å². The van der Waals surface area contributed by atoms with Gasteiger partial charge in [0.2, 0.25) is 0 Å². The molecule has 0 bridgehead atoms. The lowest BCUT2D eigenvalue weighted by Gasteiger charge is -2.23. The topological polar surface area (TPSA) is 12.5 Å². The molecule has 144 valence electrons. The van der Waals surface area contributed by atoms with Crippen LogP contribution in [0.25, 0.3) is 11.1 Å². The van der Waals surface area contributed by atoms with Gasteiger partial charge in [0.05, 0.1) is 6.54 Å². The van der Waals surface area contributed by atoms with E-state index in [1.807, 2.05) is 25.1 Å². The number of aryl methyl sites for hydroxylation is 1. The summed E-state index contributed by atoms with van der Waals surface area (Å²) in [5.41, 5.74) is 4.89. The maximum Gasteiger partial charge on any atom is 0.119 e. The molecule has 0 spiro atoms. The molecule has 0 radical (unpaired) electrons. The minimum absolute atomic E-state index is 0.633. The Bertz CT molecular complexity index is 901. The molecule has 0 aliphatic heterocycles. The van der Waals surface area contributed by atoms with Gasteiger partial charge < -0.3 is 9.64 Å². The summed E-state index contributed by atoms with van der Waals surface area (Å²) in [6, 6.07) is 25.3. The maximum absolute atomic E-state index is 6.00. The molecule has 3 aromatic carbocycles. The molecule has 3 rings (SSSR count). The van der Waals surface area contributed by atoms with Crippen molar-refractivity contribution in [1.29, 1.82) is 0 Å². The highest BCUT2D eigenvalue weighted by Gasteiger charge is 2.06. The molecule has 0 N–H and O–H groups in total. The summed E-state index contributed by atoms with van der Waals surface area (Å²) < 4.78 is 7.09. The van der Waals surface area contributed by atoms with E-state index in [0.717, 1.165) is 23.3 Å². The average molecular weight is 436 g/mol. The first-order valence-electron chi connectivity index (χ1n) is 9.57. The summed E-state index contributed by atoms with van der Waals surface area (Å²) >= 11 is 3.56. The van der Waals surface area contributed by atoms with E-state index in [-0.39, 0.29) is 0 Å². The molecule has 0 heterocycles. The highest BCUT2D eigenvalue weighted by Crippen LogP contribution is 2.23. The molecule has 0 aliphatic rings. The van der Waals surface area contributed by atoms with Crippen LogP contribution in [0.4, 0.5) is 5.69 Å². The molecular weight excluding hydrogens is 410 g/mol. The number of rotatable bonds is 8. The van der Waals surface area contributed by atoms with E-state index < -0.39 is 0 Å². The Kier molecular flexibility index (Phi) is 7.32. The summed E-state index contributed by atoms with van der Waals surface area (Å²) in [7, 11) is 0. The molecule has 0 unspecified atom stereocenters. The highest BCUT2D eigenvalue weighted by molar-refractivity contribution is 9.10. The van der Waals surface area contributed by atoms with E-state index in [1.54, 1.807) is 0 Å². The molecule has 0 amide bonds. The summed E-state index contributed by atoms with van der Waals surface area (Å²) in [6.07, 6.45) is 4.24. The maximum atomic E-state index is 6.00. The van der Waals surface area contributed by atoms with Gasteiger partial charge in [-0.1, -0.05) is 76.1 Å². The molecule has 0 atom stereocenters. The number of nitrogens with zero attached hydrogens (tertiary/aromatic N) is 1. The first-order valence-corrected chi connectivity index (χ1v) is 10.4. The van der Waals surface area contributed by atoms with Gasteiger partial charge in [0.15, 0.2) is 0 Å². The second-order valence-electron chi connectivity index (χ2n) is 6.73. The molecule has 28 heavy (non-hydrogen) atoms. The van der Waals surface area contributed by atoms with E-state index >= 15 is 0 Å². The van der Waals surface area contributed by atoms with E-state index in [0.29, 0.717) is 6.61 Å². The Balaban J connectivity index is 1.59. The largest absolute Gasteiger partial charge is 0.492 e. The summed E-state index contributed by atoms with van der Waals surface area (Å²) in [4.78, 5) is 2.31. The van der Waals surface area contributed by atoms with Gasteiger partial charge in [-0.25, -0.2) is 0 Å². The quantitative estimate of drug-likeness (QED) is 0.357. The van der Waals surface area contributed by atoms with Crippen molar-refractivity contribution in [3.63, 3.8) is 0 Å². The smallest absolute Gasteiger partial charge is 0.119 e. The fourth-order valence-corrected chi connectivity index (χ4v) is 3.38.